The highest BCUT2D eigenvalue weighted by atomic mass is 32.2. The lowest BCUT2D eigenvalue weighted by atomic mass is 10.1. The van der Waals surface area contributed by atoms with Crippen LogP contribution in [0.15, 0.2) is 36.4 Å². The van der Waals surface area contributed by atoms with E-state index in [1.165, 1.54) is 11.8 Å². The summed E-state index contributed by atoms with van der Waals surface area (Å²) in [5, 5.41) is 0.558. The Hall–Kier alpha value is -2.08. The number of aromatic nitrogens is 1. The number of nitrogens with zero attached hydrogens (tertiary/aromatic N) is 2. The lowest BCUT2D eigenvalue weighted by Gasteiger charge is -2.19. The maximum Gasteiger partial charge on any atom is 0.341 e. The van der Waals surface area contributed by atoms with Gasteiger partial charge in [-0.3, -0.25) is 4.79 Å². The van der Waals surface area contributed by atoms with E-state index < -0.39 is 0 Å². The first kappa shape index (κ1) is 16.3. The molecule has 1 aromatic heterocycles. The van der Waals surface area contributed by atoms with Crippen molar-refractivity contribution in [2.75, 3.05) is 18.8 Å². The lowest BCUT2D eigenvalue weighted by molar-refractivity contribution is -0.127. The highest BCUT2D eigenvalue weighted by molar-refractivity contribution is 8.00. The van der Waals surface area contributed by atoms with E-state index in [2.05, 4.69) is 18.1 Å². The molecule has 116 valence electrons. The third-order valence-corrected chi connectivity index (χ3v) is 4.10. The van der Waals surface area contributed by atoms with Crippen LogP contribution in [0.25, 0.3) is 0 Å². The molecule has 1 aromatic rings. The summed E-state index contributed by atoms with van der Waals surface area (Å²) in [5.41, 5.74) is 2.13. The standard InChI is InChI=1S/C16H18N2O3S/c1-4-6-18(7-5-2)13(19)10-22-15-14-12(8-11(3)17-15)9-21-16(14)20/h4-5,8H,1-2,6-7,9-10H2,3H3. The number of fused-ring (bicyclic) bond motifs is 1. The third kappa shape index (κ3) is 3.57. The Morgan fingerprint density at radius 2 is 2.14 bits per heavy atom. The number of esters is 1. The molecule has 22 heavy (non-hydrogen) atoms. The Labute approximate surface area is 134 Å². The molecular formula is C16H18N2O3S. The number of hydrogen-bond acceptors (Lipinski definition) is 5. The van der Waals surface area contributed by atoms with Crippen LogP contribution in [-0.2, 0) is 16.1 Å². The number of carbonyl (C=O) groups excluding carboxylic acids is 2. The van der Waals surface area contributed by atoms with E-state index in [-0.39, 0.29) is 24.2 Å². The number of ether oxygens (including phenoxy) is 1. The lowest BCUT2D eigenvalue weighted by Crippen LogP contribution is -2.32. The molecule has 0 radical (unpaired) electrons. The van der Waals surface area contributed by atoms with Gasteiger partial charge in [0.2, 0.25) is 5.91 Å². The third-order valence-electron chi connectivity index (χ3n) is 3.14. The summed E-state index contributed by atoms with van der Waals surface area (Å²) in [4.78, 5) is 30.0. The van der Waals surface area contributed by atoms with E-state index in [1.54, 1.807) is 17.1 Å². The molecule has 0 fully saturated rings. The van der Waals surface area contributed by atoms with Gasteiger partial charge >= 0.3 is 5.97 Å². The van der Waals surface area contributed by atoms with Crippen LogP contribution in [-0.4, -0.2) is 40.6 Å². The van der Waals surface area contributed by atoms with Crippen molar-refractivity contribution in [1.82, 2.24) is 9.88 Å². The van der Waals surface area contributed by atoms with Gasteiger partial charge in [0, 0.05) is 24.3 Å². The minimum atomic E-state index is -0.369. The minimum Gasteiger partial charge on any atom is -0.457 e. The van der Waals surface area contributed by atoms with Crippen molar-refractivity contribution < 1.29 is 14.3 Å². The van der Waals surface area contributed by atoms with Crippen LogP contribution in [0.1, 0.15) is 21.6 Å². The van der Waals surface area contributed by atoms with E-state index in [0.29, 0.717) is 23.7 Å². The van der Waals surface area contributed by atoms with Crippen molar-refractivity contribution in [3.63, 3.8) is 0 Å². The molecule has 0 spiro atoms. The molecule has 2 heterocycles. The summed E-state index contributed by atoms with van der Waals surface area (Å²) in [6, 6.07) is 1.84. The smallest absolute Gasteiger partial charge is 0.341 e. The van der Waals surface area contributed by atoms with Gasteiger partial charge in [-0.25, -0.2) is 9.78 Å². The van der Waals surface area contributed by atoms with E-state index in [1.807, 2.05) is 13.0 Å². The first-order chi connectivity index (χ1) is 10.6. The highest BCUT2D eigenvalue weighted by Crippen LogP contribution is 2.30. The van der Waals surface area contributed by atoms with Gasteiger partial charge in [0.05, 0.1) is 11.3 Å². The van der Waals surface area contributed by atoms with E-state index >= 15 is 0 Å². The number of aryl methyl sites for hydroxylation is 1. The normalized spacial score (nSPS) is 12.5. The molecule has 0 bridgehead atoms. The number of rotatable bonds is 7. The van der Waals surface area contributed by atoms with Gasteiger partial charge in [-0.1, -0.05) is 23.9 Å². The fraction of sp³-hybridized carbons (Fsp3) is 0.312. The summed E-state index contributed by atoms with van der Waals surface area (Å²) in [7, 11) is 0. The molecule has 5 nitrogen and oxygen atoms in total. The van der Waals surface area contributed by atoms with Gasteiger partial charge in [-0.2, -0.15) is 0 Å². The fourth-order valence-corrected chi connectivity index (χ4v) is 3.18. The predicted octanol–water partition coefficient (Wildman–Crippen LogP) is 2.35. The second-order valence-electron chi connectivity index (χ2n) is 4.84. The summed E-state index contributed by atoms with van der Waals surface area (Å²) in [6.45, 7) is 10.4. The van der Waals surface area contributed by atoms with Gasteiger partial charge in [0.15, 0.2) is 0 Å². The number of carbonyl (C=O) groups is 2. The van der Waals surface area contributed by atoms with Gasteiger partial charge in [0.25, 0.3) is 0 Å². The number of hydrogen-bond donors (Lipinski definition) is 0. The quantitative estimate of drug-likeness (QED) is 0.439. The minimum absolute atomic E-state index is 0.0479. The number of thioether (sulfide) groups is 1. The second-order valence-corrected chi connectivity index (χ2v) is 5.81. The molecule has 1 aliphatic rings. The first-order valence-corrected chi connectivity index (χ1v) is 7.85. The van der Waals surface area contributed by atoms with Crippen molar-refractivity contribution in [2.45, 2.75) is 18.6 Å². The number of pyridine rings is 1. The van der Waals surface area contributed by atoms with Crippen molar-refractivity contribution in [3.05, 3.63) is 48.2 Å². The predicted molar refractivity (Wildman–Crippen MR) is 85.8 cm³/mol. The highest BCUT2D eigenvalue weighted by Gasteiger charge is 2.27. The van der Waals surface area contributed by atoms with Crippen LogP contribution < -0.4 is 0 Å². The second kappa shape index (κ2) is 7.26. The number of cyclic esters (lactones) is 1. The van der Waals surface area contributed by atoms with Crippen LogP contribution in [0.5, 0.6) is 0 Å². The van der Waals surface area contributed by atoms with Crippen LogP contribution in [0, 0.1) is 6.92 Å². The van der Waals surface area contributed by atoms with E-state index in [4.69, 9.17) is 4.74 Å². The summed E-state index contributed by atoms with van der Waals surface area (Å²) in [6.07, 6.45) is 3.35. The molecular weight excluding hydrogens is 300 g/mol. The zero-order valence-electron chi connectivity index (χ0n) is 12.5. The summed E-state index contributed by atoms with van der Waals surface area (Å²) < 4.78 is 5.04. The average Bonchev–Trinajstić information content (AvgIpc) is 2.85. The van der Waals surface area contributed by atoms with Gasteiger partial charge < -0.3 is 9.64 Å². The Morgan fingerprint density at radius 3 is 2.77 bits per heavy atom. The zero-order valence-corrected chi connectivity index (χ0v) is 13.3. The van der Waals surface area contributed by atoms with Crippen LogP contribution in [0.2, 0.25) is 0 Å². The topological polar surface area (TPSA) is 59.5 Å². The maximum atomic E-state index is 12.2. The molecule has 0 aromatic carbocycles. The summed E-state index contributed by atoms with van der Waals surface area (Å²) >= 11 is 1.26. The molecule has 1 amide bonds. The van der Waals surface area contributed by atoms with Crippen LogP contribution >= 0.6 is 11.8 Å². The molecule has 0 saturated heterocycles. The summed E-state index contributed by atoms with van der Waals surface area (Å²) in [5.74, 6) is -0.211. The van der Waals surface area contributed by atoms with E-state index in [9.17, 15) is 9.59 Å². The van der Waals surface area contributed by atoms with Crippen molar-refractivity contribution in [1.29, 1.82) is 0 Å². The SMILES string of the molecule is C=CCN(CC=C)C(=O)CSc1nc(C)cc2c1C(=O)OC2. The Morgan fingerprint density at radius 1 is 1.45 bits per heavy atom. The molecule has 1 aliphatic heterocycles. The van der Waals surface area contributed by atoms with Gasteiger partial charge in [0.1, 0.15) is 11.6 Å². The molecule has 2 rings (SSSR count). The Bertz CT molecular complexity index is 618. The first-order valence-electron chi connectivity index (χ1n) is 6.86. The number of amides is 1. The molecule has 0 saturated carbocycles. The molecule has 0 atom stereocenters. The van der Waals surface area contributed by atoms with Crippen molar-refractivity contribution >= 4 is 23.6 Å². The van der Waals surface area contributed by atoms with Crippen LogP contribution in [0.3, 0.4) is 0 Å². The van der Waals surface area contributed by atoms with Gasteiger partial charge in [-0.05, 0) is 13.0 Å². The molecule has 6 heteroatoms. The Kier molecular flexibility index (Phi) is 5.38. The maximum absolute atomic E-state index is 12.2. The molecule has 0 unspecified atom stereocenters. The zero-order chi connectivity index (χ0) is 16.1. The monoisotopic (exact) mass is 318 g/mol. The molecule has 0 N–H and O–H groups in total. The van der Waals surface area contributed by atoms with Crippen molar-refractivity contribution in [2.24, 2.45) is 0 Å². The average molecular weight is 318 g/mol. The fourth-order valence-electron chi connectivity index (χ4n) is 2.17. The van der Waals surface area contributed by atoms with Crippen molar-refractivity contribution in [3.8, 4) is 0 Å². The van der Waals surface area contributed by atoms with E-state index in [0.717, 1.165) is 11.3 Å². The molecule has 0 aliphatic carbocycles. The Balaban J connectivity index is 2.11. The van der Waals surface area contributed by atoms with Gasteiger partial charge in [-0.15, -0.1) is 13.2 Å². The largest absolute Gasteiger partial charge is 0.457 e. The van der Waals surface area contributed by atoms with Crippen LogP contribution in [0.4, 0.5) is 0 Å².